The molecule has 3 aromatic heterocycles. The highest BCUT2D eigenvalue weighted by molar-refractivity contribution is 7.08. The second-order valence-electron chi connectivity index (χ2n) is 3.93. The molecule has 0 fully saturated rings. The third-order valence-corrected chi connectivity index (χ3v) is 3.51. The summed E-state index contributed by atoms with van der Waals surface area (Å²) in [5.74, 6) is 0.948. The molecule has 3 aromatic rings. The van der Waals surface area contributed by atoms with Crippen molar-refractivity contribution in [2.45, 2.75) is 6.92 Å². The monoisotopic (exact) mass is 268 g/mol. The minimum absolute atomic E-state index is 0.323. The van der Waals surface area contributed by atoms with Crippen LogP contribution in [-0.2, 0) is 0 Å². The quantitative estimate of drug-likeness (QED) is 0.714. The van der Waals surface area contributed by atoms with Gasteiger partial charge in [0.2, 0.25) is 5.82 Å². The minimum Gasteiger partial charge on any atom is -0.334 e. The number of aromatic nitrogens is 3. The first-order valence-electron chi connectivity index (χ1n) is 5.51. The van der Waals surface area contributed by atoms with Crippen LogP contribution in [0.1, 0.15) is 11.3 Å². The average Bonchev–Trinajstić information content (AvgIpc) is 3.07. The van der Waals surface area contributed by atoms with Gasteiger partial charge in [-0.25, -0.2) is 4.98 Å². The first-order chi connectivity index (χ1) is 9.28. The molecule has 0 aliphatic carbocycles. The summed E-state index contributed by atoms with van der Waals surface area (Å²) in [4.78, 5) is 8.26. The second kappa shape index (κ2) is 4.63. The SMILES string of the molecule is Cc1cscc1-c1noc(-c2ccnc(C#N)c2)n1. The van der Waals surface area contributed by atoms with Crippen LogP contribution in [-0.4, -0.2) is 15.1 Å². The van der Waals surface area contributed by atoms with Crippen molar-refractivity contribution in [1.29, 1.82) is 5.26 Å². The molecule has 0 unspecified atom stereocenters. The molecule has 0 aliphatic rings. The van der Waals surface area contributed by atoms with E-state index in [2.05, 4.69) is 15.1 Å². The Kier molecular flexibility index (Phi) is 2.82. The van der Waals surface area contributed by atoms with E-state index in [1.165, 1.54) is 0 Å². The third-order valence-electron chi connectivity index (χ3n) is 2.64. The highest BCUT2D eigenvalue weighted by Gasteiger charge is 2.13. The predicted octanol–water partition coefficient (Wildman–Crippen LogP) is 3.04. The molecule has 0 aliphatic heterocycles. The van der Waals surface area contributed by atoms with Crippen molar-refractivity contribution in [1.82, 2.24) is 15.1 Å². The van der Waals surface area contributed by atoms with Crippen molar-refractivity contribution in [3.05, 3.63) is 40.3 Å². The molecule has 0 radical (unpaired) electrons. The number of aryl methyl sites for hydroxylation is 1. The van der Waals surface area contributed by atoms with Crippen molar-refractivity contribution in [2.75, 3.05) is 0 Å². The molecular weight excluding hydrogens is 260 g/mol. The lowest BCUT2D eigenvalue weighted by Gasteiger charge is -1.93. The molecule has 0 saturated carbocycles. The zero-order valence-electron chi connectivity index (χ0n) is 9.99. The lowest BCUT2D eigenvalue weighted by atomic mass is 10.2. The van der Waals surface area contributed by atoms with Gasteiger partial charge in [-0.2, -0.15) is 21.6 Å². The van der Waals surface area contributed by atoms with Crippen molar-refractivity contribution in [3.8, 4) is 28.9 Å². The van der Waals surface area contributed by atoms with Crippen LogP contribution in [0, 0.1) is 18.3 Å². The molecule has 0 N–H and O–H groups in total. The van der Waals surface area contributed by atoms with Gasteiger partial charge in [0, 0.05) is 22.7 Å². The zero-order chi connectivity index (χ0) is 13.2. The highest BCUT2D eigenvalue weighted by Crippen LogP contribution is 2.26. The Hall–Kier alpha value is -2.52. The summed E-state index contributed by atoms with van der Waals surface area (Å²) in [5, 5.41) is 16.8. The molecule has 0 amide bonds. The van der Waals surface area contributed by atoms with E-state index in [9.17, 15) is 0 Å². The second-order valence-corrected chi connectivity index (χ2v) is 4.68. The maximum atomic E-state index is 8.82. The number of hydrogen-bond acceptors (Lipinski definition) is 6. The molecule has 5 nitrogen and oxygen atoms in total. The Labute approximate surface area is 113 Å². The smallest absolute Gasteiger partial charge is 0.258 e. The standard InChI is InChI=1S/C13H8N4OS/c1-8-6-19-7-11(8)12-16-13(18-17-12)9-2-3-15-10(4-9)5-14/h2-4,6-7H,1H3. The van der Waals surface area contributed by atoms with Crippen molar-refractivity contribution in [2.24, 2.45) is 0 Å². The number of rotatable bonds is 2. The maximum absolute atomic E-state index is 8.82. The van der Waals surface area contributed by atoms with Crippen molar-refractivity contribution in [3.63, 3.8) is 0 Å². The van der Waals surface area contributed by atoms with Crippen LogP contribution in [0.4, 0.5) is 0 Å². The van der Waals surface area contributed by atoms with E-state index in [1.54, 1.807) is 29.7 Å². The molecule has 0 spiro atoms. The van der Waals surface area contributed by atoms with Gasteiger partial charge in [-0.3, -0.25) is 0 Å². The lowest BCUT2D eigenvalue weighted by Crippen LogP contribution is -1.84. The molecule has 0 saturated heterocycles. The van der Waals surface area contributed by atoms with Crippen molar-refractivity contribution < 1.29 is 4.52 Å². The highest BCUT2D eigenvalue weighted by atomic mass is 32.1. The Balaban J connectivity index is 2.02. The molecule has 92 valence electrons. The van der Waals surface area contributed by atoms with Gasteiger partial charge in [-0.1, -0.05) is 5.16 Å². The predicted molar refractivity (Wildman–Crippen MR) is 70.3 cm³/mol. The molecular formula is C13H8N4OS. The maximum Gasteiger partial charge on any atom is 0.258 e. The van der Waals surface area contributed by atoms with Crippen LogP contribution in [0.25, 0.3) is 22.8 Å². The number of pyridine rings is 1. The summed E-state index contributed by atoms with van der Waals surface area (Å²) in [6.07, 6.45) is 1.55. The fourth-order valence-electron chi connectivity index (χ4n) is 1.66. The number of thiophene rings is 1. The largest absolute Gasteiger partial charge is 0.334 e. The average molecular weight is 268 g/mol. The van der Waals surface area contributed by atoms with E-state index in [-0.39, 0.29) is 0 Å². The fraction of sp³-hybridized carbons (Fsp3) is 0.0769. The molecule has 0 aromatic carbocycles. The zero-order valence-corrected chi connectivity index (χ0v) is 10.8. The molecule has 0 atom stereocenters. The molecule has 19 heavy (non-hydrogen) atoms. The van der Waals surface area contributed by atoms with E-state index < -0.39 is 0 Å². The van der Waals surface area contributed by atoms with E-state index >= 15 is 0 Å². The van der Waals surface area contributed by atoms with E-state index in [4.69, 9.17) is 9.78 Å². The van der Waals surface area contributed by atoms with E-state index in [1.807, 2.05) is 23.8 Å². The molecule has 6 heteroatoms. The fourth-order valence-corrected chi connectivity index (χ4v) is 2.49. The number of nitrogens with zero attached hydrogens (tertiary/aromatic N) is 4. The van der Waals surface area contributed by atoms with E-state index in [0.29, 0.717) is 23.0 Å². The van der Waals surface area contributed by atoms with Crippen LogP contribution < -0.4 is 0 Å². The van der Waals surface area contributed by atoms with Gasteiger partial charge in [0.25, 0.3) is 5.89 Å². The van der Waals surface area contributed by atoms with Gasteiger partial charge >= 0.3 is 0 Å². The van der Waals surface area contributed by atoms with Gasteiger partial charge in [-0.05, 0) is 30.0 Å². The molecule has 0 bridgehead atoms. The number of nitriles is 1. The van der Waals surface area contributed by atoms with Gasteiger partial charge in [0.15, 0.2) is 0 Å². The van der Waals surface area contributed by atoms with Crippen molar-refractivity contribution >= 4 is 11.3 Å². The Morgan fingerprint density at radius 1 is 1.37 bits per heavy atom. The molecule has 3 heterocycles. The molecule has 3 rings (SSSR count). The van der Waals surface area contributed by atoms with Gasteiger partial charge in [-0.15, -0.1) is 0 Å². The summed E-state index contributed by atoms with van der Waals surface area (Å²) >= 11 is 1.60. The third kappa shape index (κ3) is 2.11. The van der Waals surface area contributed by atoms with E-state index in [0.717, 1.165) is 11.1 Å². The summed E-state index contributed by atoms with van der Waals surface area (Å²) < 4.78 is 5.24. The Morgan fingerprint density at radius 2 is 2.26 bits per heavy atom. The normalized spacial score (nSPS) is 10.3. The summed E-state index contributed by atoms with van der Waals surface area (Å²) in [6.45, 7) is 2.00. The Bertz CT molecular complexity index is 769. The first kappa shape index (κ1) is 11.6. The number of hydrogen-bond donors (Lipinski definition) is 0. The lowest BCUT2D eigenvalue weighted by molar-refractivity contribution is 0.432. The van der Waals surface area contributed by atoms with Crippen LogP contribution in [0.3, 0.4) is 0 Å². The first-order valence-corrected chi connectivity index (χ1v) is 6.45. The van der Waals surface area contributed by atoms with Gasteiger partial charge in [0.1, 0.15) is 11.8 Å². The Morgan fingerprint density at radius 3 is 3.00 bits per heavy atom. The van der Waals surface area contributed by atoms with Crippen LogP contribution >= 0.6 is 11.3 Å². The minimum atomic E-state index is 0.323. The summed E-state index contributed by atoms with van der Waals surface area (Å²) in [7, 11) is 0. The van der Waals surface area contributed by atoms with Gasteiger partial charge < -0.3 is 4.52 Å². The van der Waals surface area contributed by atoms with Gasteiger partial charge in [0.05, 0.1) is 0 Å². The summed E-state index contributed by atoms with van der Waals surface area (Å²) in [5.41, 5.74) is 3.10. The summed E-state index contributed by atoms with van der Waals surface area (Å²) in [6, 6.07) is 5.34. The topological polar surface area (TPSA) is 75.6 Å². The van der Waals surface area contributed by atoms with Crippen LogP contribution in [0.15, 0.2) is 33.6 Å². The van der Waals surface area contributed by atoms with Crippen LogP contribution in [0.5, 0.6) is 0 Å². The van der Waals surface area contributed by atoms with Crippen LogP contribution in [0.2, 0.25) is 0 Å².